The quantitative estimate of drug-likeness (QED) is 0.512. The summed E-state index contributed by atoms with van der Waals surface area (Å²) in [4.78, 5) is 4.68. The van der Waals surface area contributed by atoms with Gasteiger partial charge in [0.15, 0.2) is 0 Å². The monoisotopic (exact) mass is 430 g/mol. The van der Waals surface area contributed by atoms with E-state index in [1.54, 1.807) is 0 Å². The molecule has 2 bridgehead atoms. The first-order chi connectivity index (χ1) is 16.2. The Labute approximate surface area is 197 Å². The van der Waals surface area contributed by atoms with Crippen molar-refractivity contribution in [1.29, 1.82) is 0 Å². The second-order valence-electron chi connectivity index (χ2n) is 8.85. The highest BCUT2D eigenvalue weighted by Crippen LogP contribution is 2.41. The van der Waals surface area contributed by atoms with Gasteiger partial charge in [-0.3, -0.25) is 0 Å². The molecule has 0 fully saturated rings. The summed E-state index contributed by atoms with van der Waals surface area (Å²) < 4.78 is 0. The second-order valence-corrected chi connectivity index (χ2v) is 8.85. The zero-order chi connectivity index (χ0) is 22.8. The predicted molar refractivity (Wildman–Crippen MR) is 142 cm³/mol. The van der Waals surface area contributed by atoms with Gasteiger partial charge in [-0.25, -0.2) is 0 Å². The van der Waals surface area contributed by atoms with Gasteiger partial charge >= 0.3 is 0 Å². The molecule has 0 aromatic heterocycles. The maximum absolute atomic E-state index is 4.28. The summed E-state index contributed by atoms with van der Waals surface area (Å²) >= 11 is 0. The number of allylic oxidation sites excluding steroid dienone is 10. The first kappa shape index (κ1) is 21.1. The molecule has 2 unspecified atom stereocenters. The topological polar surface area (TPSA) is 6.48 Å². The summed E-state index contributed by atoms with van der Waals surface area (Å²) in [6.07, 6.45) is 24.3. The van der Waals surface area contributed by atoms with Gasteiger partial charge in [0.2, 0.25) is 0 Å². The third-order valence-electron chi connectivity index (χ3n) is 6.53. The van der Waals surface area contributed by atoms with Crippen molar-refractivity contribution < 1.29 is 0 Å². The Morgan fingerprint density at radius 2 is 1.79 bits per heavy atom. The van der Waals surface area contributed by atoms with Crippen LogP contribution in [0.15, 0.2) is 138 Å². The van der Waals surface area contributed by atoms with Crippen LogP contribution in [0.1, 0.15) is 6.92 Å². The minimum Gasteiger partial charge on any atom is -0.376 e. The van der Waals surface area contributed by atoms with E-state index in [0.717, 1.165) is 12.2 Å². The highest BCUT2D eigenvalue weighted by atomic mass is 15.2. The van der Waals surface area contributed by atoms with Gasteiger partial charge in [-0.1, -0.05) is 92.4 Å². The molecule has 2 atom stereocenters. The van der Waals surface area contributed by atoms with Crippen molar-refractivity contribution in [3.05, 3.63) is 138 Å². The van der Waals surface area contributed by atoms with Crippen LogP contribution in [0.4, 0.5) is 5.69 Å². The first-order valence-electron chi connectivity index (χ1n) is 11.6. The molecular weight excluding hydrogens is 400 g/mol. The highest BCUT2D eigenvalue weighted by molar-refractivity contribution is 5.87. The third-order valence-corrected chi connectivity index (χ3v) is 6.53. The molecule has 0 N–H and O–H groups in total. The molecule has 1 aliphatic carbocycles. The molecule has 2 heterocycles. The maximum Gasteiger partial charge on any atom is 0.0718 e. The van der Waals surface area contributed by atoms with Gasteiger partial charge in [0.1, 0.15) is 0 Å². The molecule has 2 heteroatoms. The minimum absolute atomic E-state index is 0.134. The van der Waals surface area contributed by atoms with Crippen molar-refractivity contribution >= 4 is 16.5 Å². The summed E-state index contributed by atoms with van der Waals surface area (Å²) in [5.74, 6) is 0.265. The van der Waals surface area contributed by atoms with Gasteiger partial charge in [0.05, 0.1) is 6.04 Å². The van der Waals surface area contributed by atoms with Crippen molar-refractivity contribution in [3.63, 3.8) is 0 Å². The van der Waals surface area contributed by atoms with Gasteiger partial charge in [-0.05, 0) is 46.2 Å². The summed E-state index contributed by atoms with van der Waals surface area (Å²) in [5, 5.41) is 2.50. The van der Waals surface area contributed by atoms with Crippen LogP contribution >= 0.6 is 0 Å². The Kier molecular flexibility index (Phi) is 5.75. The predicted octanol–water partition coefficient (Wildman–Crippen LogP) is 7.10. The Balaban J connectivity index is 1.72. The number of fused-ring (bicyclic) bond motifs is 2. The van der Waals surface area contributed by atoms with Crippen LogP contribution in [0.3, 0.4) is 0 Å². The summed E-state index contributed by atoms with van der Waals surface area (Å²) in [5.41, 5.74) is 6.13. The molecule has 5 rings (SSSR count). The summed E-state index contributed by atoms with van der Waals surface area (Å²) in [6.45, 7) is 7.44. The average Bonchev–Trinajstić information content (AvgIpc) is 3.00. The van der Waals surface area contributed by atoms with E-state index in [2.05, 4.69) is 134 Å². The molecule has 0 saturated heterocycles. The zero-order valence-corrected chi connectivity index (χ0v) is 19.4. The van der Waals surface area contributed by atoms with E-state index in [0.29, 0.717) is 0 Å². The molecule has 33 heavy (non-hydrogen) atoms. The first-order valence-corrected chi connectivity index (χ1v) is 11.6. The van der Waals surface area contributed by atoms with Crippen LogP contribution in [-0.2, 0) is 0 Å². The van der Waals surface area contributed by atoms with Gasteiger partial charge in [0.25, 0.3) is 0 Å². The lowest BCUT2D eigenvalue weighted by Crippen LogP contribution is -2.35. The fourth-order valence-corrected chi connectivity index (χ4v) is 4.88. The van der Waals surface area contributed by atoms with Crippen molar-refractivity contribution in [3.8, 4) is 0 Å². The van der Waals surface area contributed by atoms with Crippen LogP contribution in [0.25, 0.3) is 10.8 Å². The molecule has 2 aromatic carbocycles. The Bertz CT molecular complexity index is 1300. The lowest BCUT2D eigenvalue weighted by molar-refractivity contribution is 0.501. The smallest absolute Gasteiger partial charge is 0.0718 e. The van der Waals surface area contributed by atoms with Gasteiger partial charge < -0.3 is 9.80 Å². The minimum atomic E-state index is 0.134. The van der Waals surface area contributed by atoms with Crippen LogP contribution in [0.2, 0.25) is 0 Å². The van der Waals surface area contributed by atoms with Crippen molar-refractivity contribution in [2.24, 2.45) is 5.92 Å². The van der Waals surface area contributed by atoms with Crippen molar-refractivity contribution in [2.75, 3.05) is 18.5 Å². The lowest BCUT2D eigenvalue weighted by atomic mass is 9.84. The van der Waals surface area contributed by atoms with Crippen LogP contribution in [0, 0.1) is 5.92 Å². The number of rotatable bonds is 3. The second kappa shape index (κ2) is 8.99. The Morgan fingerprint density at radius 3 is 2.64 bits per heavy atom. The van der Waals surface area contributed by atoms with E-state index in [1.807, 2.05) is 6.08 Å². The largest absolute Gasteiger partial charge is 0.376 e. The van der Waals surface area contributed by atoms with E-state index >= 15 is 0 Å². The van der Waals surface area contributed by atoms with E-state index in [4.69, 9.17) is 0 Å². The standard InChI is InChI=1S/C31H30N2/c1-4-30-31(29-22-32(3)19-11-5-6-12-23(29)2)26-15-9-10-16-27(21-26)33(30)28-18-17-24-13-7-8-14-25(24)20-28/h4-18,20-23,27H,1,19H2,2-3H3/b11-5-,12-6-,29-22+. The molecule has 2 nitrogen and oxygen atoms in total. The van der Waals surface area contributed by atoms with Crippen molar-refractivity contribution in [2.45, 2.75) is 13.0 Å². The van der Waals surface area contributed by atoms with Gasteiger partial charge in [-0.2, -0.15) is 0 Å². The SMILES string of the molecule is C=CC1=C(/C2=C/N(C)C/C=C\C=C/C2C)C2=CC(C=CC=C2)N1c1ccc2ccccc2c1. The number of hydrogen-bond donors (Lipinski definition) is 0. The Hall–Kier alpha value is -3.78. The molecule has 0 amide bonds. The number of likely N-dealkylation sites (N-methyl/N-ethyl adjacent to an activating group) is 1. The number of hydrogen-bond acceptors (Lipinski definition) is 2. The highest BCUT2D eigenvalue weighted by Gasteiger charge is 2.30. The van der Waals surface area contributed by atoms with Crippen LogP contribution in [0.5, 0.6) is 0 Å². The van der Waals surface area contributed by atoms with E-state index in [-0.39, 0.29) is 12.0 Å². The normalized spacial score (nSPS) is 26.0. The number of anilines is 1. The average molecular weight is 431 g/mol. The molecule has 0 spiro atoms. The lowest BCUT2D eigenvalue weighted by Gasteiger charge is -2.38. The van der Waals surface area contributed by atoms with E-state index in [1.165, 1.54) is 33.2 Å². The molecule has 2 aromatic rings. The molecule has 2 aliphatic heterocycles. The Morgan fingerprint density at radius 1 is 0.970 bits per heavy atom. The van der Waals surface area contributed by atoms with Crippen LogP contribution in [-0.4, -0.2) is 24.5 Å². The number of nitrogens with zero attached hydrogens (tertiary/aromatic N) is 2. The fraction of sp³-hybridized carbons (Fsp3) is 0.161. The van der Waals surface area contributed by atoms with Gasteiger partial charge in [-0.15, -0.1) is 0 Å². The molecular formula is C31H30N2. The molecule has 0 radical (unpaired) electrons. The molecule has 0 saturated carbocycles. The van der Waals surface area contributed by atoms with Crippen molar-refractivity contribution in [1.82, 2.24) is 4.90 Å². The molecule has 3 aliphatic rings. The summed E-state index contributed by atoms with van der Waals surface area (Å²) in [6, 6.07) is 15.4. The number of benzene rings is 2. The van der Waals surface area contributed by atoms with Crippen LogP contribution < -0.4 is 4.90 Å². The molecule has 164 valence electrons. The zero-order valence-electron chi connectivity index (χ0n) is 19.4. The fourth-order valence-electron chi connectivity index (χ4n) is 4.88. The maximum atomic E-state index is 4.28. The van der Waals surface area contributed by atoms with Gasteiger partial charge in [0, 0.05) is 42.7 Å². The van der Waals surface area contributed by atoms with E-state index in [9.17, 15) is 0 Å². The van der Waals surface area contributed by atoms with E-state index < -0.39 is 0 Å². The summed E-state index contributed by atoms with van der Waals surface area (Å²) in [7, 11) is 2.14. The third kappa shape index (κ3) is 4.05.